The summed E-state index contributed by atoms with van der Waals surface area (Å²) in [7, 11) is 0. The topological polar surface area (TPSA) is 50.2 Å². The number of halogens is 2. The molecule has 5 heteroatoms. The molecule has 0 amide bonds. The predicted molar refractivity (Wildman–Crippen MR) is 38.4 cm³/mol. The Hall–Kier alpha value is -1.16. The van der Waals surface area contributed by atoms with Gasteiger partial charge in [-0.1, -0.05) is 0 Å². The zero-order valence-electron chi connectivity index (χ0n) is 5.32. The summed E-state index contributed by atoms with van der Waals surface area (Å²) >= 11 is 0. The van der Waals surface area contributed by atoms with E-state index in [2.05, 4.69) is 4.98 Å². The third kappa shape index (κ3) is 2.16. The van der Waals surface area contributed by atoms with Crippen LogP contribution in [0.3, 0.4) is 0 Å². The van der Waals surface area contributed by atoms with Gasteiger partial charge in [0.25, 0.3) is 0 Å². The van der Waals surface area contributed by atoms with Gasteiger partial charge in [0, 0.05) is 6.20 Å². The fourth-order valence-electron chi connectivity index (χ4n) is 0.549. The van der Waals surface area contributed by atoms with Crippen LogP contribution >= 0.6 is 12.4 Å². The van der Waals surface area contributed by atoms with E-state index in [1.807, 2.05) is 0 Å². The maximum atomic E-state index is 12.4. The zero-order valence-corrected chi connectivity index (χ0v) is 6.14. The second-order valence-electron chi connectivity index (χ2n) is 1.66. The second-order valence-corrected chi connectivity index (χ2v) is 1.66. The SMILES string of the molecule is Cl.O=C(O)c1ccncc1F. The minimum Gasteiger partial charge on any atom is -0.478 e. The molecule has 0 aliphatic heterocycles. The predicted octanol–water partition coefficient (Wildman–Crippen LogP) is 1.34. The Morgan fingerprint density at radius 2 is 2.27 bits per heavy atom. The smallest absolute Gasteiger partial charge is 0.338 e. The second kappa shape index (κ2) is 3.88. The third-order valence-corrected chi connectivity index (χ3v) is 1.00. The quantitative estimate of drug-likeness (QED) is 0.704. The van der Waals surface area contributed by atoms with Crippen LogP contribution in [0.2, 0.25) is 0 Å². The summed E-state index contributed by atoms with van der Waals surface area (Å²) in [4.78, 5) is 13.5. The summed E-state index contributed by atoms with van der Waals surface area (Å²) < 4.78 is 12.4. The van der Waals surface area contributed by atoms with Crippen molar-refractivity contribution in [2.24, 2.45) is 0 Å². The molecular weight excluding hydrogens is 173 g/mol. The first kappa shape index (κ1) is 9.84. The minimum absolute atomic E-state index is 0. The van der Waals surface area contributed by atoms with Crippen molar-refractivity contribution in [1.29, 1.82) is 0 Å². The molecule has 0 aliphatic carbocycles. The fourth-order valence-corrected chi connectivity index (χ4v) is 0.549. The monoisotopic (exact) mass is 177 g/mol. The molecule has 0 atom stereocenters. The standard InChI is InChI=1S/C6H4FNO2.ClH/c7-5-3-8-2-1-4(5)6(9)10;/h1-3H,(H,9,10);1H. The molecule has 1 rings (SSSR count). The molecule has 60 valence electrons. The summed E-state index contributed by atoms with van der Waals surface area (Å²) in [6.45, 7) is 0. The highest BCUT2D eigenvalue weighted by Crippen LogP contribution is 2.02. The Kier molecular flexibility index (Phi) is 3.47. The number of aromatic carboxylic acids is 1. The molecule has 1 aromatic heterocycles. The van der Waals surface area contributed by atoms with E-state index in [-0.39, 0.29) is 18.0 Å². The normalized spacial score (nSPS) is 8.45. The van der Waals surface area contributed by atoms with Gasteiger partial charge < -0.3 is 5.11 Å². The van der Waals surface area contributed by atoms with Crippen molar-refractivity contribution in [3.63, 3.8) is 0 Å². The lowest BCUT2D eigenvalue weighted by Crippen LogP contribution is -1.99. The van der Waals surface area contributed by atoms with Gasteiger partial charge in [0.05, 0.1) is 11.8 Å². The van der Waals surface area contributed by atoms with Gasteiger partial charge in [-0.15, -0.1) is 12.4 Å². The Morgan fingerprint density at radius 1 is 1.64 bits per heavy atom. The molecule has 0 aliphatic rings. The number of carboxylic acids is 1. The molecule has 0 saturated heterocycles. The molecule has 0 bridgehead atoms. The van der Waals surface area contributed by atoms with Gasteiger partial charge in [-0.3, -0.25) is 4.98 Å². The summed E-state index contributed by atoms with van der Waals surface area (Å²) in [5.41, 5.74) is -0.352. The number of pyridine rings is 1. The molecule has 11 heavy (non-hydrogen) atoms. The van der Waals surface area contributed by atoms with E-state index in [1.54, 1.807) is 0 Å². The number of carbonyl (C=O) groups is 1. The first-order chi connectivity index (χ1) is 4.72. The van der Waals surface area contributed by atoms with Crippen molar-refractivity contribution >= 4 is 18.4 Å². The summed E-state index contributed by atoms with van der Waals surface area (Å²) in [6, 6.07) is 1.11. The van der Waals surface area contributed by atoms with E-state index in [4.69, 9.17) is 5.11 Å². The third-order valence-electron chi connectivity index (χ3n) is 1.00. The highest BCUT2D eigenvalue weighted by atomic mass is 35.5. The van der Waals surface area contributed by atoms with Gasteiger partial charge in [-0.05, 0) is 6.07 Å². The van der Waals surface area contributed by atoms with Crippen LogP contribution in [-0.4, -0.2) is 16.1 Å². The first-order valence-electron chi connectivity index (χ1n) is 2.54. The van der Waals surface area contributed by atoms with Crippen LogP contribution in [0.4, 0.5) is 4.39 Å². The highest BCUT2D eigenvalue weighted by molar-refractivity contribution is 5.87. The summed E-state index contributed by atoms with van der Waals surface area (Å²) in [6.07, 6.45) is 2.09. The lowest BCUT2D eigenvalue weighted by Gasteiger charge is -1.92. The summed E-state index contributed by atoms with van der Waals surface area (Å²) in [5.74, 6) is -2.09. The minimum atomic E-state index is -1.28. The molecular formula is C6H5ClFNO2. The van der Waals surface area contributed by atoms with E-state index in [0.29, 0.717) is 0 Å². The van der Waals surface area contributed by atoms with Gasteiger partial charge >= 0.3 is 5.97 Å². The Balaban J connectivity index is 0.000001000. The van der Waals surface area contributed by atoms with Crippen LogP contribution < -0.4 is 0 Å². The number of nitrogens with zero attached hydrogens (tertiary/aromatic N) is 1. The van der Waals surface area contributed by atoms with E-state index in [1.165, 1.54) is 6.20 Å². The number of hydrogen-bond donors (Lipinski definition) is 1. The van der Waals surface area contributed by atoms with E-state index >= 15 is 0 Å². The van der Waals surface area contributed by atoms with Crippen molar-refractivity contribution in [3.8, 4) is 0 Å². The lowest BCUT2D eigenvalue weighted by atomic mass is 10.3. The average molecular weight is 178 g/mol. The van der Waals surface area contributed by atoms with Crippen LogP contribution in [0.15, 0.2) is 18.5 Å². The highest BCUT2D eigenvalue weighted by Gasteiger charge is 2.07. The van der Waals surface area contributed by atoms with Crippen molar-refractivity contribution in [3.05, 3.63) is 29.8 Å². The number of rotatable bonds is 1. The van der Waals surface area contributed by atoms with E-state index in [0.717, 1.165) is 12.3 Å². The van der Waals surface area contributed by atoms with Crippen molar-refractivity contribution in [1.82, 2.24) is 4.98 Å². The van der Waals surface area contributed by atoms with Crippen molar-refractivity contribution < 1.29 is 14.3 Å². The van der Waals surface area contributed by atoms with Crippen LogP contribution in [0, 0.1) is 5.82 Å². The molecule has 1 aromatic rings. The Bertz CT molecular complexity index is 267. The van der Waals surface area contributed by atoms with Gasteiger partial charge in [0.1, 0.15) is 0 Å². The lowest BCUT2D eigenvalue weighted by molar-refractivity contribution is 0.0691. The Labute approximate surface area is 68.3 Å². The van der Waals surface area contributed by atoms with Gasteiger partial charge in [0.15, 0.2) is 5.82 Å². The molecule has 1 N–H and O–H groups in total. The molecule has 1 heterocycles. The Morgan fingerprint density at radius 3 is 2.64 bits per heavy atom. The van der Waals surface area contributed by atoms with Crippen LogP contribution in [0.25, 0.3) is 0 Å². The molecule has 0 unspecified atom stereocenters. The zero-order chi connectivity index (χ0) is 7.56. The number of hydrogen-bond acceptors (Lipinski definition) is 2. The maximum Gasteiger partial charge on any atom is 0.338 e. The molecule has 0 radical (unpaired) electrons. The average Bonchev–Trinajstić information content (AvgIpc) is 1.88. The molecule has 3 nitrogen and oxygen atoms in total. The van der Waals surface area contributed by atoms with Gasteiger partial charge in [-0.2, -0.15) is 0 Å². The van der Waals surface area contributed by atoms with E-state index in [9.17, 15) is 9.18 Å². The van der Waals surface area contributed by atoms with Crippen molar-refractivity contribution in [2.45, 2.75) is 0 Å². The largest absolute Gasteiger partial charge is 0.478 e. The van der Waals surface area contributed by atoms with Crippen LogP contribution in [-0.2, 0) is 0 Å². The molecule has 0 aromatic carbocycles. The summed E-state index contributed by atoms with van der Waals surface area (Å²) in [5, 5.41) is 8.30. The molecule has 0 fully saturated rings. The first-order valence-corrected chi connectivity index (χ1v) is 2.54. The van der Waals surface area contributed by atoms with Crippen molar-refractivity contribution in [2.75, 3.05) is 0 Å². The number of carboxylic acid groups (broad SMARTS) is 1. The fraction of sp³-hybridized carbons (Fsp3) is 0. The number of aromatic nitrogens is 1. The molecule has 0 spiro atoms. The van der Waals surface area contributed by atoms with Crippen LogP contribution in [0.5, 0.6) is 0 Å². The molecule has 0 saturated carbocycles. The van der Waals surface area contributed by atoms with E-state index < -0.39 is 11.8 Å². The van der Waals surface area contributed by atoms with Gasteiger partial charge in [-0.25, -0.2) is 9.18 Å². The van der Waals surface area contributed by atoms with Crippen LogP contribution in [0.1, 0.15) is 10.4 Å². The maximum absolute atomic E-state index is 12.4. The van der Waals surface area contributed by atoms with Gasteiger partial charge in [0.2, 0.25) is 0 Å².